The van der Waals surface area contributed by atoms with Crippen LogP contribution >= 0.6 is 23.2 Å². The molecule has 0 aliphatic heterocycles. The Labute approximate surface area is 168 Å². The van der Waals surface area contributed by atoms with Crippen molar-refractivity contribution in [3.8, 4) is 0 Å². The molecule has 2 aromatic rings. The number of hydrogen-bond acceptors (Lipinski definition) is 3. The van der Waals surface area contributed by atoms with E-state index in [0.29, 0.717) is 24.3 Å². The number of ketones is 1. The van der Waals surface area contributed by atoms with Gasteiger partial charge in [-0.3, -0.25) is 4.31 Å². The van der Waals surface area contributed by atoms with Crippen LogP contribution in [0.4, 0.5) is 10.1 Å². The van der Waals surface area contributed by atoms with Gasteiger partial charge in [-0.15, -0.1) is 0 Å². The number of carbonyl (C=O) groups is 1. The van der Waals surface area contributed by atoms with Crippen LogP contribution in [0, 0.1) is 5.82 Å². The highest BCUT2D eigenvalue weighted by Crippen LogP contribution is 2.32. The fourth-order valence-corrected chi connectivity index (χ4v) is 4.72. The number of hydrogen-bond donors (Lipinski definition) is 0. The van der Waals surface area contributed by atoms with Gasteiger partial charge in [-0.2, -0.15) is 0 Å². The zero-order valence-electron chi connectivity index (χ0n) is 15.0. The molecular weight excluding hydrogens is 412 g/mol. The van der Waals surface area contributed by atoms with E-state index in [1.54, 1.807) is 6.92 Å². The first-order valence-corrected chi connectivity index (χ1v) is 10.6. The van der Waals surface area contributed by atoms with Crippen molar-refractivity contribution in [2.45, 2.75) is 44.0 Å². The lowest BCUT2D eigenvalue weighted by molar-refractivity contribution is -0.117. The van der Waals surface area contributed by atoms with Crippen molar-refractivity contribution >= 4 is 44.7 Å². The molecule has 0 saturated heterocycles. The summed E-state index contributed by atoms with van der Waals surface area (Å²) in [4.78, 5) is 11.2. The van der Waals surface area contributed by atoms with Crippen LogP contribution in [0.5, 0.6) is 0 Å². The predicted molar refractivity (Wildman–Crippen MR) is 107 cm³/mol. The summed E-state index contributed by atoms with van der Waals surface area (Å²) in [6.45, 7) is 3.15. The molecule has 0 saturated carbocycles. The molecule has 0 aliphatic rings. The summed E-state index contributed by atoms with van der Waals surface area (Å²) in [5, 5.41) is 0.614. The van der Waals surface area contributed by atoms with Gasteiger partial charge in [0.25, 0.3) is 10.0 Å². The second kappa shape index (κ2) is 9.04. The van der Waals surface area contributed by atoms with Gasteiger partial charge in [0.15, 0.2) is 0 Å². The number of halogens is 3. The maximum absolute atomic E-state index is 14.5. The second-order valence-electron chi connectivity index (χ2n) is 6.29. The Kier molecular flexibility index (Phi) is 7.25. The zero-order valence-corrected chi connectivity index (χ0v) is 17.3. The second-order valence-corrected chi connectivity index (χ2v) is 8.98. The van der Waals surface area contributed by atoms with Crippen LogP contribution in [0.15, 0.2) is 47.4 Å². The number of rotatable bonds is 8. The topological polar surface area (TPSA) is 54.5 Å². The Morgan fingerprint density at radius 3 is 2.30 bits per heavy atom. The van der Waals surface area contributed by atoms with E-state index in [1.165, 1.54) is 43.3 Å². The van der Waals surface area contributed by atoms with Crippen LogP contribution in [-0.2, 0) is 14.8 Å². The van der Waals surface area contributed by atoms with Gasteiger partial charge in [0.2, 0.25) is 0 Å². The number of carbonyl (C=O) groups excluding carboxylic acids is 1. The van der Waals surface area contributed by atoms with Gasteiger partial charge in [0.1, 0.15) is 11.6 Å². The molecule has 1 atom stereocenters. The van der Waals surface area contributed by atoms with Crippen molar-refractivity contribution in [3.63, 3.8) is 0 Å². The number of anilines is 1. The van der Waals surface area contributed by atoms with Gasteiger partial charge in [-0.05, 0) is 69.2 Å². The van der Waals surface area contributed by atoms with Crippen molar-refractivity contribution in [1.82, 2.24) is 0 Å². The fraction of sp³-hybridized carbons (Fsp3) is 0.316. The molecule has 0 spiro atoms. The van der Waals surface area contributed by atoms with E-state index in [0.717, 1.165) is 10.4 Å². The minimum absolute atomic E-state index is 0.00954. The Morgan fingerprint density at radius 2 is 1.70 bits per heavy atom. The molecule has 0 heterocycles. The largest absolute Gasteiger partial charge is 0.300 e. The average molecular weight is 432 g/mol. The molecule has 146 valence electrons. The quantitative estimate of drug-likeness (QED) is 0.556. The molecule has 0 unspecified atom stereocenters. The van der Waals surface area contributed by atoms with Crippen molar-refractivity contribution < 1.29 is 17.6 Å². The first-order chi connectivity index (χ1) is 12.6. The zero-order chi connectivity index (χ0) is 20.2. The SMILES string of the molecule is CC(=O)CCC[C@@H](C)N(c1cc(Cl)ccc1F)S(=O)(=O)c1ccc(Cl)cc1. The number of sulfonamides is 1. The van der Waals surface area contributed by atoms with E-state index >= 15 is 0 Å². The molecule has 4 nitrogen and oxygen atoms in total. The highest BCUT2D eigenvalue weighted by Gasteiger charge is 2.31. The lowest BCUT2D eigenvalue weighted by Crippen LogP contribution is -2.39. The molecule has 0 amide bonds. The third-order valence-electron chi connectivity index (χ3n) is 4.07. The molecule has 0 aromatic heterocycles. The van der Waals surface area contributed by atoms with Crippen LogP contribution < -0.4 is 4.31 Å². The van der Waals surface area contributed by atoms with E-state index < -0.39 is 21.9 Å². The first kappa shape index (κ1) is 21.7. The van der Waals surface area contributed by atoms with Crippen LogP contribution in [0.1, 0.15) is 33.1 Å². The summed E-state index contributed by atoms with van der Waals surface area (Å²) in [5.74, 6) is -0.682. The van der Waals surface area contributed by atoms with E-state index in [4.69, 9.17) is 23.2 Å². The van der Waals surface area contributed by atoms with Gasteiger partial charge in [-0.25, -0.2) is 12.8 Å². The van der Waals surface area contributed by atoms with Gasteiger partial charge in [0.05, 0.1) is 10.6 Å². The summed E-state index contributed by atoms with van der Waals surface area (Å²) >= 11 is 11.8. The maximum atomic E-state index is 14.5. The van der Waals surface area contributed by atoms with Crippen LogP contribution in [0.3, 0.4) is 0 Å². The Morgan fingerprint density at radius 1 is 1.11 bits per heavy atom. The van der Waals surface area contributed by atoms with Gasteiger partial charge in [-0.1, -0.05) is 23.2 Å². The Balaban J connectivity index is 2.50. The van der Waals surface area contributed by atoms with Crippen molar-refractivity contribution in [3.05, 3.63) is 58.3 Å². The summed E-state index contributed by atoms with van der Waals surface area (Å²) < 4.78 is 42.0. The Hall–Kier alpha value is -1.63. The summed E-state index contributed by atoms with van der Waals surface area (Å²) in [5.41, 5.74) is -0.132. The van der Waals surface area contributed by atoms with E-state index in [1.807, 2.05) is 0 Å². The highest BCUT2D eigenvalue weighted by atomic mass is 35.5. The molecule has 0 N–H and O–H groups in total. The normalized spacial score (nSPS) is 12.6. The summed E-state index contributed by atoms with van der Waals surface area (Å²) in [6.07, 6.45) is 1.21. The smallest absolute Gasteiger partial charge is 0.264 e. The summed E-state index contributed by atoms with van der Waals surface area (Å²) in [6, 6.07) is 8.84. The monoisotopic (exact) mass is 431 g/mol. The van der Waals surface area contributed by atoms with Crippen molar-refractivity contribution in [2.24, 2.45) is 0 Å². The van der Waals surface area contributed by atoms with Crippen molar-refractivity contribution in [2.75, 3.05) is 4.31 Å². The predicted octanol–water partition coefficient (Wildman–Crippen LogP) is 5.48. The number of benzene rings is 2. The first-order valence-electron chi connectivity index (χ1n) is 8.37. The van der Waals surface area contributed by atoms with Crippen LogP contribution in [0.25, 0.3) is 0 Å². The highest BCUT2D eigenvalue weighted by molar-refractivity contribution is 7.92. The van der Waals surface area contributed by atoms with Crippen LogP contribution in [0.2, 0.25) is 10.0 Å². The minimum atomic E-state index is -4.07. The molecule has 0 aliphatic carbocycles. The molecule has 0 radical (unpaired) electrons. The van der Waals surface area contributed by atoms with Crippen LogP contribution in [-0.4, -0.2) is 20.2 Å². The summed E-state index contributed by atoms with van der Waals surface area (Å²) in [7, 11) is -4.07. The number of Topliss-reactive ketones (excluding diaryl/α,β-unsaturated/α-hetero) is 1. The lowest BCUT2D eigenvalue weighted by Gasteiger charge is -2.31. The molecule has 27 heavy (non-hydrogen) atoms. The molecule has 2 aromatic carbocycles. The molecule has 8 heteroatoms. The van der Waals surface area contributed by atoms with E-state index in [-0.39, 0.29) is 21.4 Å². The molecule has 0 bridgehead atoms. The Bertz CT molecular complexity index is 917. The average Bonchev–Trinajstić information content (AvgIpc) is 2.58. The maximum Gasteiger partial charge on any atom is 0.264 e. The van der Waals surface area contributed by atoms with Gasteiger partial charge >= 0.3 is 0 Å². The van der Waals surface area contributed by atoms with Gasteiger partial charge < -0.3 is 4.79 Å². The van der Waals surface area contributed by atoms with E-state index in [9.17, 15) is 17.6 Å². The standard InChI is InChI=1S/C19H20Cl2FNO3S/c1-13(4-3-5-14(2)24)23(19-12-16(21)8-11-18(19)22)27(25,26)17-9-6-15(20)7-10-17/h6-13H,3-5H2,1-2H3/t13-/m1/s1. The lowest BCUT2D eigenvalue weighted by atomic mass is 10.1. The van der Waals surface area contributed by atoms with Gasteiger partial charge in [0, 0.05) is 22.5 Å². The van der Waals surface area contributed by atoms with Crippen molar-refractivity contribution in [1.29, 1.82) is 0 Å². The molecule has 2 rings (SSSR count). The fourth-order valence-electron chi connectivity index (χ4n) is 2.74. The van der Waals surface area contributed by atoms with E-state index in [2.05, 4.69) is 0 Å². The number of nitrogens with zero attached hydrogens (tertiary/aromatic N) is 1. The third kappa shape index (κ3) is 5.43. The minimum Gasteiger partial charge on any atom is -0.300 e. The molecule has 0 fully saturated rings. The molecular formula is C19H20Cl2FNO3S. The third-order valence-corrected chi connectivity index (χ3v) is 6.50.